The van der Waals surface area contributed by atoms with Crippen LogP contribution in [0.15, 0.2) is 18.2 Å². The fraction of sp³-hybridized carbons (Fsp3) is 0.588. The first-order chi connectivity index (χ1) is 10.2. The maximum absolute atomic E-state index is 12.2. The number of fused-ring (bicyclic) bond motifs is 1. The van der Waals surface area contributed by atoms with Crippen LogP contribution in [0.3, 0.4) is 0 Å². The van der Waals surface area contributed by atoms with Crippen LogP contribution in [0.2, 0.25) is 0 Å². The molecule has 0 bridgehead atoms. The first kappa shape index (κ1) is 17.3. The Labute approximate surface area is 138 Å². The Morgan fingerprint density at radius 3 is 2.77 bits per heavy atom. The molecular weight excluding hydrogens is 298 g/mol. The van der Waals surface area contributed by atoms with Crippen LogP contribution in [-0.2, 0) is 17.6 Å². The van der Waals surface area contributed by atoms with Gasteiger partial charge in [-0.2, -0.15) is 0 Å². The normalized spacial score (nSPS) is 17.8. The number of carbonyl (C=O) groups excluding carboxylic acids is 1. The fourth-order valence-corrected chi connectivity index (χ4v) is 3.41. The molecule has 0 aliphatic heterocycles. The van der Waals surface area contributed by atoms with E-state index in [-0.39, 0.29) is 18.3 Å². The van der Waals surface area contributed by atoms with Gasteiger partial charge < -0.3 is 11.1 Å². The van der Waals surface area contributed by atoms with Crippen molar-refractivity contribution in [3.63, 3.8) is 0 Å². The first-order valence-electron chi connectivity index (χ1n) is 7.99. The molecule has 0 radical (unpaired) electrons. The Bertz CT molecular complexity index is 531. The van der Waals surface area contributed by atoms with E-state index in [1.54, 1.807) is 0 Å². The van der Waals surface area contributed by atoms with E-state index in [9.17, 15) is 4.79 Å². The van der Waals surface area contributed by atoms with Gasteiger partial charge >= 0.3 is 0 Å². The summed E-state index contributed by atoms with van der Waals surface area (Å²) < 4.78 is 0. The molecule has 0 spiro atoms. The topological polar surface area (TPSA) is 58.4 Å². The quantitative estimate of drug-likeness (QED) is 0.844. The molecule has 1 unspecified atom stereocenters. The Morgan fingerprint density at radius 2 is 2.09 bits per heavy atom. The molecule has 3 N–H and O–H groups in total. The van der Waals surface area contributed by atoms with Crippen LogP contribution in [0.4, 0.5) is 5.69 Å². The maximum atomic E-state index is 12.2. The van der Waals surface area contributed by atoms with Crippen molar-refractivity contribution in [1.82, 2.24) is 4.90 Å². The molecule has 2 aliphatic rings. The number of hydrogen-bond donors (Lipinski definition) is 2. The van der Waals surface area contributed by atoms with Gasteiger partial charge in [0.1, 0.15) is 0 Å². The van der Waals surface area contributed by atoms with Gasteiger partial charge in [-0.3, -0.25) is 9.69 Å². The minimum absolute atomic E-state index is 0. The van der Waals surface area contributed by atoms with Crippen LogP contribution in [0, 0.1) is 5.92 Å². The zero-order valence-corrected chi connectivity index (χ0v) is 14.0. The lowest BCUT2D eigenvalue weighted by atomic mass is 10.1. The fourth-order valence-electron chi connectivity index (χ4n) is 3.41. The van der Waals surface area contributed by atoms with Gasteiger partial charge in [0.15, 0.2) is 0 Å². The summed E-state index contributed by atoms with van der Waals surface area (Å²) in [6, 6.07) is 6.63. The molecule has 0 saturated heterocycles. The van der Waals surface area contributed by atoms with Gasteiger partial charge in [-0.1, -0.05) is 6.07 Å². The SMILES string of the molecule is CN(CC(=O)Nc1ccc2c(c1)CCC2)C(CN)C1CC1.Cl. The largest absolute Gasteiger partial charge is 0.329 e. The van der Waals surface area contributed by atoms with Crippen molar-refractivity contribution in [2.45, 2.75) is 38.1 Å². The molecule has 2 aliphatic carbocycles. The molecular formula is C17H26ClN3O. The second-order valence-electron chi connectivity index (χ2n) is 6.44. The van der Waals surface area contributed by atoms with E-state index in [4.69, 9.17) is 5.73 Å². The molecule has 0 aromatic heterocycles. The van der Waals surface area contributed by atoms with Crippen molar-refractivity contribution in [1.29, 1.82) is 0 Å². The number of anilines is 1. The Hall–Kier alpha value is -1.10. The van der Waals surface area contributed by atoms with Gasteiger partial charge in [-0.05, 0) is 68.3 Å². The smallest absolute Gasteiger partial charge is 0.238 e. The number of benzene rings is 1. The molecule has 1 aromatic carbocycles. The number of hydrogen-bond acceptors (Lipinski definition) is 3. The lowest BCUT2D eigenvalue weighted by Gasteiger charge is -2.26. The number of carbonyl (C=O) groups is 1. The van der Waals surface area contributed by atoms with Crippen LogP contribution in [0.1, 0.15) is 30.4 Å². The summed E-state index contributed by atoms with van der Waals surface area (Å²) in [6.45, 7) is 1.04. The third kappa shape index (κ3) is 4.00. The number of amides is 1. The molecule has 122 valence electrons. The summed E-state index contributed by atoms with van der Waals surface area (Å²) >= 11 is 0. The van der Waals surface area contributed by atoms with Crippen LogP contribution >= 0.6 is 12.4 Å². The van der Waals surface area contributed by atoms with Crippen molar-refractivity contribution in [2.24, 2.45) is 11.7 Å². The van der Waals surface area contributed by atoms with Gasteiger partial charge in [0.25, 0.3) is 0 Å². The van der Waals surface area contributed by atoms with Gasteiger partial charge in [-0.15, -0.1) is 12.4 Å². The van der Waals surface area contributed by atoms with Gasteiger partial charge in [0.2, 0.25) is 5.91 Å². The average molecular weight is 324 g/mol. The molecule has 1 fully saturated rings. The number of nitrogens with one attached hydrogen (secondary N) is 1. The molecule has 3 rings (SSSR count). The predicted octanol–water partition coefficient (Wildman–Crippen LogP) is 2.20. The molecule has 22 heavy (non-hydrogen) atoms. The molecule has 1 aromatic rings. The summed E-state index contributed by atoms with van der Waals surface area (Å²) in [4.78, 5) is 14.3. The lowest BCUT2D eigenvalue weighted by molar-refractivity contribution is -0.117. The third-order valence-electron chi connectivity index (χ3n) is 4.75. The number of aryl methyl sites for hydroxylation is 2. The summed E-state index contributed by atoms with van der Waals surface area (Å²) in [7, 11) is 2.00. The van der Waals surface area contributed by atoms with Crippen molar-refractivity contribution >= 4 is 24.0 Å². The van der Waals surface area contributed by atoms with Gasteiger partial charge in [0.05, 0.1) is 6.54 Å². The van der Waals surface area contributed by atoms with E-state index < -0.39 is 0 Å². The zero-order chi connectivity index (χ0) is 14.8. The molecule has 1 amide bonds. The average Bonchev–Trinajstić information content (AvgIpc) is 3.16. The van der Waals surface area contributed by atoms with E-state index in [1.807, 2.05) is 13.1 Å². The lowest BCUT2D eigenvalue weighted by Crippen LogP contribution is -2.43. The highest BCUT2D eigenvalue weighted by Gasteiger charge is 2.33. The van der Waals surface area contributed by atoms with E-state index in [2.05, 4.69) is 22.3 Å². The molecule has 0 heterocycles. The van der Waals surface area contributed by atoms with Crippen LogP contribution < -0.4 is 11.1 Å². The number of likely N-dealkylation sites (N-methyl/N-ethyl adjacent to an activating group) is 1. The highest BCUT2D eigenvalue weighted by molar-refractivity contribution is 5.92. The highest BCUT2D eigenvalue weighted by atomic mass is 35.5. The summed E-state index contributed by atoms with van der Waals surface area (Å²) in [5, 5.41) is 3.02. The molecule has 5 heteroatoms. The minimum Gasteiger partial charge on any atom is -0.329 e. The van der Waals surface area contributed by atoms with Crippen molar-refractivity contribution in [2.75, 3.05) is 25.5 Å². The number of halogens is 1. The van der Waals surface area contributed by atoms with E-state index in [0.29, 0.717) is 25.0 Å². The Kier molecular flexibility index (Phi) is 5.84. The second-order valence-corrected chi connectivity index (χ2v) is 6.44. The Morgan fingerprint density at radius 1 is 1.36 bits per heavy atom. The van der Waals surface area contributed by atoms with Crippen LogP contribution in [-0.4, -0.2) is 37.0 Å². The van der Waals surface area contributed by atoms with Gasteiger partial charge in [0, 0.05) is 18.3 Å². The standard InChI is InChI=1S/C17H25N3O.ClH/c1-20(16(10-18)13-5-6-13)11-17(21)19-15-8-7-12-3-2-4-14(12)9-15;/h7-9,13,16H,2-6,10-11,18H2,1H3,(H,19,21);1H. The van der Waals surface area contributed by atoms with Crippen molar-refractivity contribution in [3.05, 3.63) is 29.3 Å². The van der Waals surface area contributed by atoms with Gasteiger partial charge in [-0.25, -0.2) is 0 Å². The van der Waals surface area contributed by atoms with Crippen LogP contribution in [0.25, 0.3) is 0 Å². The molecule has 1 atom stereocenters. The zero-order valence-electron chi connectivity index (χ0n) is 13.2. The summed E-state index contributed by atoms with van der Waals surface area (Å²) in [5.74, 6) is 0.738. The maximum Gasteiger partial charge on any atom is 0.238 e. The number of nitrogens with two attached hydrogens (primary N) is 1. The van der Waals surface area contributed by atoms with E-state index in [0.717, 1.165) is 12.1 Å². The third-order valence-corrected chi connectivity index (χ3v) is 4.75. The first-order valence-corrected chi connectivity index (χ1v) is 7.99. The predicted molar refractivity (Wildman–Crippen MR) is 92.5 cm³/mol. The second kappa shape index (κ2) is 7.44. The molecule has 4 nitrogen and oxygen atoms in total. The molecule has 1 saturated carbocycles. The summed E-state index contributed by atoms with van der Waals surface area (Å²) in [5.41, 5.74) is 9.57. The monoisotopic (exact) mass is 323 g/mol. The highest BCUT2D eigenvalue weighted by Crippen LogP contribution is 2.34. The van der Waals surface area contributed by atoms with Crippen molar-refractivity contribution in [3.8, 4) is 0 Å². The van der Waals surface area contributed by atoms with E-state index in [1.165, 1.54) is 36.8 Å². The van der Waals surface area contributed by atoms with Crippen molar-refractivity contribution < 1.29 is 4.79 Å². The van der Waals surface area contributed by atoms with E-state index >= 15 is 0 Å². The minimum atomic E-state index is 0. The number of nitrogens with zero attached hydrogens (tertiary/aromatic N) is 1. The summed E-state index contributed by atoms with van der Waals surface area (Å²) in [6.07, 6.45) is 6.04. The van der Waals surface area contributed by atoms with Crippen LogP contribution in [0.5, 0.6) is 0 Å². The Balaban J connectivity index is 0.00000176. The number of rotatable bonds is 6.